The Morgan fingerprint density at radius 2 is 2.10 bits per heavy atom. The molecule has 0 spiro atoms. The van der Waals surface area contributed by atoms with Crippen LogP contribution in [-0.4, -0.2) is 31.0 Å². The summed E-state index contributed by atoms with van der Waals surface area (Å²) in [5.74, 6) is -0.00818. The number of ether oxygens (including phenoxy) is 1. The fourth-order valence-electron chi connectivity index (χ4n) is 2.08. The van der Waals surface area contributed by atoms with Crippen LogP contribution in [0.25, 0.3) is 0 Å². The van der Waals surface area contributed by atoms with Gasteiger partial charge >= 0.3 is 0 Å². The molecule has 0 unspecified atom stereocenters. The maximum atomic E-state index is 13.5. The van der Waals surface area contributed by atoms with Crippen LogP contribution in [0.15, 0.2) is 18.2 Å². The van der Waals surface area contributed by atoms with E-state index in [0.717, 1.165) is 31.5 Å². The Morgan fingerprint density at radius 3 is 2.65 bits per heavy atom. The molecular weight excluding hydrogens is 257 g/mol. The fourth-order valence-corrected chi connectivity index (χ4v) is 2.08. The van der Waals surface area contributed by atoms with Gasteiger partial charge in [0.1, 0.15) is 0 Å². The first-order chi connectivity index (χ1) is 9.62. The summed E-state index contributed by atoms with van der Waals surface area (Å²) in [6.45, 7) is 5.64. The van der Waals surface area contributed by atoms with Crippen molar-refractivity contribution in [2.24, 2.45) is 0 Å². The van der Waals surface area contributed by atoms with E-state index in [9.17, 15) is 9.18 Å². The van der Waals surface area contributed by atoms with Crippen molar-refractivity contribution in [3.8, 4) is 5.75 Å². The third kappa shape index (κ3) is 4.83. The number of aryl methyl sites for hydroxylation is 1. The normalized spacial score (nSPS) is 10.4. The van der Waals surface area contributed by atoms with E-state index in [2.05, 4.69) is 6.92 Å². The van der Waals surface area contributed by atoms with Gasteiger partial charge in [0.15, 0.2) is 11.6 Å². The highest BCUT2D eigenvalue weighted by Gasteiger charge is 2.11. The topological polar surface area (TPSA) is 29.5 Å². The van der Waals surface area contributed by atoms with Crippen LogP contribution in [0.4, 0.5) is 4.39 Å². The Bertz CT molecular complexity index is 434. The molecule has 4 heteroatoms. The minimum Gasteiger partial charge on any atom is -0.494 e. The molecule has 0 heterocycles. The number of methoxy groups -OCH3 is 1. The molecule has 1 rings (SSSR count). The van der Waals surface area contributed by atoms with Gasteiger partial charge in [-0.05, 0) is 37.5 Å². The zero-order valence-electron chi connectivity index (χ0n) is 12.6. The second kappa shape index (κ2) is 8.56. The second-order valence-corrected chi connectivity index (χ2v) is 4.80. The summed E-state index contributed by atoms with van der Waals surface area (Å²) in [6.07, 6.45) is 3.08. The number of rotatable bonds is 8. The standard InChI is InChI=1S/C16H24FNO2/c1-4-6-11-18(5-2)16(19)10-8-13-7-9-15(20-3)14(17)12-13/h7,9,12H,4-6,8,10-11H2,1-3H3. The van der Waals surface area contributed by atoms with Crippen LogP contribution in [0, 0.1) is 5.82 Å². The van der Waals surface area contributed by atoms with E-state index in [1.54, 1.807) is 12.1 Å². The van der Waals surface area contributed by atoms with Gasteiger partial charge in [0, 0.05) is 19.5 Å². The third-order valence-corrected chi connectivity index (χ3v) is 3.36. The Hall–Kier alpha value is -1.58. The fraction of sp³-hybridized carbons (Fsp3) is 0.562. The first-order valence-corrected chi connectivity index (χ1v) is 7.22. The maximum Gasteiger partial charge on any atom is 0.222 e. The molecule has 0 aliphatic rings. The van der Waals surface area contributed by atoms with Gasteiger partial charge in [-0.15, -0.1) is 0 Å². The summed E-state index contributed by atoms with van der Waals surface area (Å²) in [5, 5.41) is 0. The summed E-state index contributed by atoms with van der Waals surface area (Å²) in [7, 11) is 1.44. The zero-order chi connectivity index (χ0) is 15.0. The molecule has 1 aromatic rings. The van der Waals surface area contributed by atoms with Gasteiger partial charge in [-0.1, -0.05) is 19.4 Å². The molecule has 3 nitrogen and oxygen atoms in total. The number of carbonyl (C=O) groups excluding carboxylic acids is 1. The van der Waals surface area contributed by atoms with Crippen molar-refractivity contribution in [3.05, 3.63) is 29.6 Å². The van der Waals surface area contributed by atoms with Crippen molar-refractivity contribution in [3.63, 3.8) is 0 Å². The highest BCUT2D eigenvalue weighted by Crippen LogP contribution is 2.18. The zero-order valence-corrected chi connectivity index (χ0v) is 12.6. The van der Waals surface area contributed by atoms with E-state index >= 15 is 0 Å². The Kier molecular flexibility index (Phi) is 7.05. The number of halogens is 1. The lowest BCUT2D eigenvalue weighted by molar-refractivity contribution is -0.131. The van der Waals surface area contributed by atoms with Gasteiger partial charge in [0.2, 0.25) is 5.91 Å². The predicted molar refractivity (Wildman–Crippen MR) is 78.4 cm³/mol. The number of carbonyl (C=O) groups is 1. The molecule has 1 amide bonds. The van der Waals surface area contributed by atoms with Crippen molar-refractivity contribution < 1.29 is 13.9 Å². The summed E-state index contributed by atoms with van der Waals surface area (Å²) in [6, 6.07) is 4.84. The number of hydrogen-bond donors (Lipinski definition) is 0. The Morgan fingerprint density at radius 1 is 1.35 bits per heavy atom. The van der Waals surface area contributed by atoms with Crippen LogP contribution in [0.1, 0.15) is 38.7 Å². The lowest BCUT2D eigenvalue weighted by atomic mass is 10.1. The quantitative estimate of drug-likeness (QED) is 0.730. The average Bonchev–Trinajstić information content (AvgIpc) is 2.46. The van der Waals surface area contributed by atoms with Gasteiger partial charge in [0.25, 0.3) is 0 Å². The molecule has 112 valence electrons. The Labute approximate surface area is 120 Å². The van der Waals surface area contributed by atoms with Crippen LogP contribution in [0.5, 0.6) is 5.75 Å². The van der Waals surface area contributed by atoms with Crippen molar-refractivity contribution in [1.29, 1.82) is 0 Å². The van der Waals surface area contributed by atoms with Gasteiger partial charge in [-0.2, -0.15) is 0 Å². The molecule has 1 aromatic carbocycles. The highest BCUT2D eigenvalue weighted by atomic mass is 19.1. The van der Waals surface area contributed by atoms with E-state index in [-0.39, 0.29) is 17.5 Å². The summed E-state index contributed by atoms with van der Waals surface area (Å²) in [5.41, 5.74) is 0.822. The van der Waals surface area contributed by atoms with Crippen molar-refractivity contribution in [2.75, 3.05) is 20.2 Å². The molecule has 0 saturated heterocycles. The molecule has 20 heavy (non-hydrogen) atoms. The van der Waals surface area contributed by atoms with Crippen LogP contribution in [-0.2, 0) is 11.2 Å². The smallest absolute Gasteiger partial charge is 0.222 e. The SMILES string of the molecule is CCCCN(CC)C(=O)CCc1ccc(OC)c(F)c1. The highest BCUT2D eigenvalue weighted by molar-refractivity contribution is 5.76. The minimum atomic E-state index is -0.379. The first-order valence-electron chi connectivity index (χ1n) is 7.22. The molecule has 0 N–H and O–H groups in total. The molecule has 0 radical (unpaired) electrons. The molecular formula is C16H24FNO2. The predicted octanol–water partition coefficient (Wildman–Crippen LogP) is 3.42. The van der Waals surface area contributed by atoms with E-state index < -0.39 is 0 Å². The first kappa shape index (κ1) is 16.5. The summed E-state index contributed by atoms with van der Waals surface area (Å²) < 4.78 is 18.4. The van der Waals surface area contributed by atoms with Crippen LogP contribution in [0.3, 0.4) is 0 Å². The molecule has 0 atom stereocenters. The van der Waals surface area contributed by atoms with Crippen molar-refractivity contribution in [1.82, 2.24) is 4.90 Å². The molecule has 0 bridgehead atoms. The lowest BCUT2D eigenvalue weighted by Gasteiger charge is -2.20. The van der Waals surface area contributed by atoms with Crippen LogP contribution < -0.4 is 4.74 Å². The Balaban J connectivity index is 2.53. The minimum absolute atomic E-state index is 0.136. The van der Waals surface area contributed by atoms with Gasteiger partial charge < -0.3 is 9.64 Å². The van der Waals surface area contributed by atoms with Gasteiger partial charge in [0.05, 0.1) is 7.11 Å². The monoisotopic (exact) mass is 281 g/mol. The number of benzene rings is 1. The number of nitrogens with zero attached hydrogens (tertiary/aromatic N) is 1. The van der Waals surface area contributed by atoms with Crippen molar-refractivity contribution in [2.45, 2.75) is 39.5 Å². The molecule has 0 aliphatic carbocycles. The van der Waals surface area contributed by atoms with Gasteiger partial charge in [-0.25, -0.2) is 4.39 Å². The summed E-state index contributed by atoms with van der Waals surface area (Å²) >= 11 is 0. The molecule has 0 aliphatic heterocycles. The largest absolute Gasteiger partial charge is 0.494 e. The van der Waals surface area contributed by atoms with E-state index in [1.165, 1.54) is 13.2 Å². The van der Waals surface area contributed by atoms with Crippen LogP contribution in [0.2, 0.25) is 0 Å². The second-order valence-electron chi connectivity index (χ2n) is 4.80. The van der Waals surface area contributed by atoms with E-state index in [0.29, 0.717) is 12.8 Å². The van der Waals surface area contributed by atoms with Crippen LogP contribution >= 0.6 is 0 Å². The maximum absolute atomic E-state index is 13.5. The van der Waals surface area contributed by atoms with E-state index in [4.69, 9.17) is 4.74 Å². The van der Waals surface area contributed by atoms with E-state index in [1.807, 2.05) is 11.8 Å². The molecule has 0 aromatic heterocycles. The average molecular weight is 281 g/mol. The molecule has 0 fully saturated rings. The number of amides is 1. The lowest BCUT2D eigenvalue weighted by Crippen LogP contribution is -2.31. The third-order valence-electron chi connectivity index (χ3n) is 3.36. The van der Waals surface area contributed by atoms with Crippen molar-refractivity contribution >= 4 is 5.91 Å². The molecule has 0 saturated carbocycles. The number of unbranched alkanes of at least 4 members (excludes halogenated alkanes) is 1. The van der Waals surface area contributed by atoms with Gasteiger partial charge in [-0.3, -0.25) is 4.79 Å². The summed E-state index contributed by atoms with van der Waals surface area (Å²) in [4.78, 5) is 13.9. The number of hydrogen-bond acceptors (Lipinski definition) is 2.